The van der Waals surface area contributed by atoms with Crippen molar-refractivity contribution in [3.05, 3.63) is 29.3 Å². The predicted molar refractivity (Wildman–Crippen MR) is 67.1 cm³/mol. The maximum atomic E-state index is 9.23. The largest absolute Gasteiger partial charge is 0.493 e. The minimum absolute atomic E-state index is 0.181. The van der Waals surface area contributed by atoms with Crippen LogP contribution < -0.4 is 4.74 Å². The molecule has 0 saturated heterocycles. The summed E-state index contributed by atoms with van der Waals surface area (Å²) < 4.78 is 5.73. The van der Waals surface area contributed by atoms with E-state index in [1.165, 1.54) is 11.1 Å². The summed E-state index contributed by atoms with van der Waals surface area (Å²) in [6, 6.07) is 6.10. The van der Waals surface area contributed by atoms with Crippen LogP contribution in [0.2, 0.25) is 0 Å². The van der Waals surface area contributed by atoms with Crippen LogP contribution in [0, 0.1) is 0 Å². The average molecular weight is 222 g/mol. The maximum Gasteiger partial charge on any atom is 0.122 e. The Morgan fingerprint density at radius 2 is 2.06 bits per heavy atom. The second kappa shape index (κ2) is 6.54. The predicted octanol–water partition coefficient (Wildman–Crippen LogP) is 3.13. The molecule has 1 rings (SSSR count). The van der Waals surface area contributed by atoms with Gasteiger partial charge in [-0.25, -0.2) is 0 Å². The fourth-order valence-corrected chi connectivity index (χ4v) is 1.87. The lowest BCUT2D eigenvalue weighted by atomic mass is 9.94. The van der Waals surface area contributed by atoms with Gasteiger partial charge >= 0.3 is 0 Å². The zero-order valence-corrected chi connectivity index (χ0v) is 10.5. The third-order valence-corrected chi connectivity index (χ3v) is 2.79. The number of hydrogen-bond acceptors (Lipinski definition) is 2. The SMILES string of the molecule is CCCOc1cccc(C(C)CO)c1CC. The molecule has 0 aromatic heterocycles. The quantitative estimate of drug-likeness (QED) is 0.801. The van der Waals surface area contributed by atoms with Crippen molar-refractivity contribution >= 4 is 0 Å². The highest BCUT2D eigenvalue weighted by Gasteiger charge is 2.12. The first-order valence-electron chi connectivity index (χ1n) is 6.10. The lowest BCUT2D eigenvalue weighted by Crippen LogP contribution is -2.06. The number of benzene rings is 1. The van der Waals surface area contributed by atoms with E-state index in [-0.39, 0.29) is 12.5 Å². The highest BCUT2D eigenvalue weighted by atomic mass is 16.5. The summed E-state index contributed by atoms with van der Waals surface area (Å²) >= 11 is 0. The van der Waals surface area contributed by atoms with Gasteiger partial charge in [-0.15, -0.1) is 0 Å². The van der Waals surface area contributed by atoms with Gasteiger partial charge in [0.1, 0.15) is 5.75 Å². The van der Waals surface area contributed by atoms with E-state index >= 15 is 0 Å². The third-order valence-electron chi connectivity index (χ3n) is 2.79. The molecular weight excluding hydrogens is 200 g/mol. The Morgan fingerprint density at radius 3 is 2.62 bits per heavy atom. The second-order valence-electron chi connectivity index (χ2n) is 4.11. The summed E-state index contributed by atoms with van der Waals surface area (Å²) in [6.07, 6.45) is 1.96. The van der Waals surface area contributed by atoms with Gasteiger partial charge in [-0.05, 0) is 30.0 Å². The number of aliphatic hydroxyl groups is 1. The molecule has 2 nitrogen and oxygen atoms in total. The molecular formula is C14H22O2. The van der Waals surface area contributed by atoms with E-state index in [9.17, 15) is 5.11 Å². The van der Waals surface area contributed by atoms with Gasteiger partial charge in [-0.2, -0.15) is 0 Å². The number of rotatable bonds is 6. The summed E-state index contributed by atoms with van der Waals surface area (Å²) in [4.78, 5) is 0. The highest BCUT2D eigenvalue weighted by Crippen LogP contribution is 2.28. The third kappa shape index (κ3) is 2.99. The van der Waals surface area contributed by atoms with E-state index in [2.05, 4.69) is 19.9 Å². The summed E-state index contributed by atoms with van der Waals surface area (Å²) in [5, 5.41) is 9.23. The van der Waals surface area contributed by atoms with Crippen LogP contribution in [0.3, 0.4) is 0 Å². The summed E-state index contributed by atoms with van der Waals surface area (Å²) in [7, 11) is 0. The first-order valence-corrected chi connectivity index (χ1v) is 6.10. The zero-order valence-electron chi connectivity index (χ0n) is 10.5. The molecule has 2 heteroatoms. The standard InChI is InChI=1S/C14H22O2/c1-4-9-16-14-8-6-7-13(11(3)10-15)12(14)5-2/h6-8,11,15H,4-5,9-10H2,1-3H3. The van der Waals surface area contributed by atoms with Crippen molar-refractivity contribution in [1.29, 1.82) is 0 Å². The molecule has 0 aliphatic carbocycles. The fraction of sp³-hybridized carbons (Fsp3) is 0.571. The van der Waals surface area contributed by atoms with Gasteiger partial charge < -0.3 is 9.84 Å². The van der Waals surface area contributed by atoms with Crippen LogP contribution in [0.4, 0.5) is 0 Å². The first-order chi connectivity index (χ1) is 7.74. The summed E-state index contributed by atoms with van der Waals surface area (Å²) in [5.74, 6) is 1.15. The van der Waals surface area contributed by atoms with Gasteiger partial charge in [0.05, 0.1) is 6.61 Å². The Kier molecular flexibility index (Phi) is 5.33. The zero-order chi connectivity index (χ0) is 12.0. The van der Waals surface area contributed by atoms with Crippen molar-refractivity contribution in [2.24, 2.45) is 0 Å². The molecule has 0 saturated carbocycles. The Bertz CT molecular complexity index is 321. The smallest absolute Gasteiger partial charge is 0.122 e. The van der Waals surface area contributed by atoms with Crippen LogP contribution in [-0.2, 0) is 6.42 Å². The highest BCUT2D eigenvalue weighted by molar-refractivity contribution is 5.42. The number of ether oxygens (including phenoxy) is 1. The molecule has 0 aliphatic rings. The van der Waals surface area contributed by atoms with E-state index in [4.69, 9.17) is 4.74 Å². The molecule has 1 aromatic rings. The molecule has 1 N–H and O–H groups in total. The van der Waals surface area contributed by atoms with Crippen molar-refractivity contribution in [3.8, 4) is 5.75 Å². The van der Waals surface area contributed by atoms with E-state index in [0.29, 0.717) is 0 Å². The Labute approximate surface area is 98.3 Å². The topological polar surface area (TPSA) is 29.5 Å². The number of hydrogen-bond donors (Lipinski definition) is 1. The van der Waals surface area contributed by atoms with Gasteiger partial charge in [0, 0.05) is 12.5 Å². The molecule has 0 heterocycles. The van der Waals surface area contributed by atoms with E-state index in [1.807, 2.05) is 19.1 Å². The fourth-order valence-electron chi connectivity index (χ4n) is 1.87. The van der Waals surface area contributed by atoms with Crippen molar-refractivity contribution < 1.29 is 9.84 Å². The van der Waals surface area contributed by atoms with Crippen LogP contribution in [0.5, 0.6) is 5.75 Å². The molecule has 0 spiro atoms. The number of aliphatic hydroxyl groups excluding tert-OH is 1. The van der Waals surface area contributed by atoms with Gasteiger partial charge in [-0.3, -0.25) is 0 Å². The Balaban J connectivity index is 3.00. The minimum Gasteiger partial charge on any atom is -0.493 e. The lowest BCUT2D eigenvalue weighted by molar-refractivity contribution is 0.271. The van der Waals surface area contributed by atoms with Crippen LogP contribution in [0.1, 0.15) is 44.2 Å². The minimum atomic E-state index is 0.181. The van der Waals surface area contributed by atoms with Gasteiger partial charge in [0.15, 0.2) is 0 Å². The Morgan fingerprint density at radius 1 is 1.31 bits per heavy atom. The molecule has 1 unspecified atom stereocenters. The Hall–Kier alpha value is -1.02. The normalized spacial score (nSPS) is 12.5. The lowest BCUT2D eigenvalue weighted by Gasteiger charge is -2.17. The van der Waals surface area contributed by atoms with E-state index in [0.717, 1.165) is 25.2 Å². The van der Waals surface area contributed by atoms with Gasteiger partial charge in [0.2, 0.25) is 0 Å². The molecule has 0 amide bonds. The van der Waals surface area contributed by atoms with Crippen LogP contribution in [0.15, 0.2) is 18.2 Å². The summed E-state index contributed by atoms with van der Waals surface area (Å²) in [5.41, 5.74) is 2.44. The van der Waals surface area contributed by atoms with Crippen molar-refractivity contribution in [3.63, 3.8) is 0 Å². The van der Waals surface area contributed by atoms with Crippen molar-refractivity contribution in [2.45, 2.75) is 39.5 Å². The van der Waals surface area contributed by atoms with Gasteiger partial charge in [0.25, 0.3) is 0 Å². The molecule has 0 bridgehead atoms. The molecule has 90 valence electrons. The molecule has 1 aromatic carbocycles. The van der Waals surface area contributed by atoms with Crippen LogP contribution in [0.25, 0.3) is 0 Å². The van der Waals surface area contributed by atoms with E-state index in [1.54, 1.807) is 0 Å². The second-order valence-corrected chi connectivity index (χ2v) is 4.11. The van der Waals surface area contributed by atoms with Crippen molar-refractivity contribution in [2.75, 3.05) is 13.2 Å². The van der Waals surface area contributed by atoms with Crippen LogP contribution in [-0.4, -0.2) is 18.3 Å². The maximum absolute atomic E-state index is 9.23. The van der Waals surface area contributed by atoms with E-state index < -0.39 is 0 Å². The first kappa shape index (κ1) is 13.0. The van der Waals surface area contributed by atoms with Crippen molar-refractivity contribution in [1.82, 2.24) is 0 Å². The summed E-state index contributed by atoms with van der Waals surface area (Å²) in [6.45, 7) is 7.21. The monoisotopic (exact) mass is 222 g/mol. The van der Waals surface area contributed by atoms with Crippen LogP contribution >= 0.6 is 0 Å². The molecule has 0 aliphatic heterocycles. The molecule has 0 fully saturated rings. The molecule has 16 heavy (non-hydrogen) atoms. The van der Waals surface area contributed by atoms with Gasteiger partial charge in [-0.1, -0.05) is 32.9 Å². The average Bonchev–Trinajstić information content (AvgIpc) is 2.34. The molecule has 0 radical (unpaired) electrons. The molecule has 1 atom stereocenters.